The Morgan fingerprint density at radius 1 is 1.47 bits per heavy atom. The Morgan fingerprint density at radius 2 is 2.13 bits per heavy atom. The molecule has 1 aromatic rings. The first-order valence-corrected chi connectivity index (χ1v) is 5.30. The fourth-order valence-corrected chi connectivity index (χ4v) is 1.69. The van der Waals surface area contributed by atoms with E-state index < -0.39 is 17.6 Å². The lowest BCUT2D eigenvalue weighted by atomic mass is 10.0. The maximum atomic E-state index is 13.3. The second kappa shape index (κ2) is 5.21. The average Bonchev–Trinajstić information content (AvgIpc) is 2.25. The Labute approximate surface area is 94.4 Å². The highest BCUT2D eigenvalue weighted by Crippen LogP contribution is 2.20. The van der Waals surface area contributed by atoms with Crippen molar-refractivity contribution in [2.45, 2.75) is 11.8 Å². The summed E-state index contributed by atoms with van der Waals surface area (Å²) in [6.07, 6.45) is -0.263. The summed E-state index contributed by atoms with van der Waals surface area (Å²) in [6.45, 7) is 0. The lowest BCUT2D eigenvalue weighted by Gasteiger charge is -2.07. The van der Waals surface area contributed by atoms with Gasteiger partial charge in [-0.25, -0.2) is 8.78 Å². The Balaban J connectivity index is 3.12. The number of carbonyl (C=O) groups excluding carboxylic acids is 1. The second-order valence-electron chi connectivity index (χ2n) is 2.89. The molecule has 0 spiro atoms. The van der Waals surface area contributed by atoms with Crippen LogP contribution in [0.15, 0.2) is 12.1 Å². The maximum absolute atomic E-state index is 13.3. The SMILES string of the molecule is COC(=O)Cc1c(CBr)ccc(F)c1F. The number of hydrogen-bond acceptors (Lipinski definition) is 2. The molecule has 0 aliphatic heterocycles. The molecular formula is C10H9BrF2O2. The van der Waals surface area contributed by atoms with Gasteiger partial charge in [0.05, 0.1) is 13.5 Å². The third-order valence-electron chi connectivity index (χ3n) is 1.99. The molecule has 0 fully saturated rings. The van der Waals surface area contributed by atoms with Gasteiger partial charge in [0, 0.05) is 10.9 Å². The van der Waals surface area contributed by atoms with Gasteiger partial charge in [-0.15, -0.1) is 0 Å². The minimum Gasteiger partial charge on any atom is -0.469 e. The van der Waals surface area contributed by atoms with Gasteiger partial charge < -0.3 is 4.74 Å². The van der Waals surface area contributed by atoms with E-state index in [0.717, 1.165) is 6.07 Å². The molecule has 0 saturated carbocycles. The van der Waals surface area contributed by atoms with E-state index in [4.69, 9.17) is 0 Å². The van der Waals surface area contributed by atoms with Crippen LogP contribution in [0.2, 0.25) is 0 Å². The fraction of sp³-hybridized carbons (Fsp3) is 0.300. The van der Waals surface area contributed by atoms with Crippen molar-refractivity contribution in [3.8, 4) is 0 Å². The summed E-state index contributed by atoms with van der Waals surface area (Å²) < 4.78 is 30.7. The number of hydrogen-bond donors (Lipinski definition) is 0. The average molecular weight is 279 g/mol. The first-order chi connectivity index (χ1) is 7.10. The monoisotopic (exact) mass is 278 g/mol. The summed E-state index contributed by atoms with van der Waals surface area (Å²) in [5.41, 5.74) is 0.582. The molecular weight excluding hydrogens is 270 g/mol. The van der Waals surface area contributed by atoms with Gasteiger partial charge >= 0.3 is 5.97 Å². The summed E-state index contributed by atoms with van der Waals surface area (Å²) >= 11 is 3.14. The number of rotatable bonds is 3. The van der Waals surface area contributed by atoms with E-state index in [0.29, 0.717) is 10.9 Å². The molecule has 0 aromatic heterocycles. The van der Waals surface area contributed by atoms with Gasteiger partial charge in [-0.3, -0.25) is 4.79 Å². The molecule has 0 saturated heterocycles. The predicted octanol–water partition coefficient (Wildman–Crippen LogP) is 2.58. The van der Waals surface area contributed by atoms with Crippen LogP contribution < -0.4 is 0 Å². The van der Waals surface area contributed by atoms with Crippen LogP contribution in [0.5, 0.6) is 0 Å². The molecule has 0 aliphatic carbocycles. The van der Waals surface area contributed by atoms with Crippen molar-refractivity contribution in [1.82, 2.24) is 0 Å². The Bertz CT molecular complexity index is 380. The van der Waals surface area contributed by atoms with Crippen molar-refractivity contribution in [2.24, 2.45) is 0 Å². The van der Waals surface area contributed by atoms with Crippen LogP contribution in [0.1, 0.15) is 11.1 Å². The van der Waals surface area contributed by atoms with Crippen LogP contribution in [0.25, 0.3) is 0 Å². The fourth-order valence-electron chi connectivity index (χ4n) is 1.17. The molecule has 5 heteroatoms. The van der Waals surface area contributed by atoms with Gasteiger partial charge in [-0.1, -0.05) is 22.0 Å². The van der Waals surface area contributed by atoms with Crippen molar-refractivity contribution in [3.05, 3.63) is 34.9 Å². The number of carbonyl (C=O) groups is 1. The molecule has 0 radical (unpaired) electrons. The van der Waals surface area contributed by atoms with Crippen molar-refractivity contribution in [1.29, 1.82) is 0 Å². The lowest BCUT2D eigenvalue weighted by Crippen LogP contribution is -2.09. The molecule has 0 unspecified atom stereocenters. The smallest absolute Gasteiger partial charge is 0.310 e. The summed E-state index contributed by atoms with van der Waals surface area (Å²) in [5.74, 6) is -2.54. The number of ether oxygens (including phenoxy) is 1. The Hall–Kier alpha value is -0.970. The van der Waals surface area contributed by atoms with Gasteiger partial charge in [-0.05, 0) is 11.6 Å². The maximum Gasteiger partial charge on any atom is 0.310 e. The lowest BCUT2D eigenvalue weighted by molar-refractivity contribution is -0.139. The Morgan fingerprint density at radius 3 is 2.67 bits per heavy atom. The molecule has 0 atom stereocenters. The van der Waals surface area contributed by atoms with Crippen molar-refractivity contribution >= 4 is 21.9 Å². The second-order valence-corrected chi connectivity index (χ2v) is 3.45. The van der Waals surface area contributed by atoms with Crippen LogP contribution in [0, 0.1) is 11.6 Å². The highest BCUT2D eigenvalue weighted by molar-refractivity contribution is 9.08. The highest BCUT2D eigenvalue weighted by atomic mass is 79.9. The zero-order valence-electron chi connectivity index (χ0n) is 8.02. The van der Waals surface area contributed by atoms with E-state index in [-0.39, 0.29) is 12.0 Å². The van der Waals surface area contributed by atoms with Gasteiger partial charge in [0.2, 0.25) is 0 Å². The van der Waals surface area contributed by atoms with E-state index in [1.165, 1.54) is 13.2 Å². The van der Waals surface area contributed by atoms with Crippen LogP contribution in [0.3, 0.4) is 0 Å². The van der Waals surface area contributed by atoms with Gasteiger partial charge in [0.1, 0.15) is 0 Å². The molecule has 0 amide bonds. The van der Waals surface area contributed by atoms with E-state index in [2.05, 4.69) is 20.7 Å². The van der Waals surface area contributed by atoms with Crippen molar-refractivity contribution in [2.75, 3.05) is 7.11 Å². The number of benzene rings is 1. The van der Waals surface area contributed by atoms with Crippen molar-refractivity contribution < 1.29 is 18.3 Å². The summed E-state index contributed by atoms with van der Waals surface area (Å²) in [7, 11) is 1.20. The van der Waals surface area contributed by atoms with Crippen molar-refractivity contribution in [3.63, 3.8) is 0 Å². The third-order valence-corrected chi connectivity index (χ3v) is 2.59. The number of esters is 1. The van der Waals surface area contributed by atoms with Gasteiger partial charge in [0.15, 0.2) is 11.6 Å². The third kappa shape index (κ3) is 2.75. The first kappa shape index (κ1) is 12.1. The highest BCUT2D eigenvalue weighted by Gasteiger charge is 2.16. The molecule has 1 aromatic carbocycles. The molecule has 82 valence electrons. The van der Waals surface area contributed by atoms with Crippen LogP contribution in [-0.4, -0.2) is 13.1 Å². The van der Waals surface area contributed by atoms with E-state index in [1.807, 2.05) is 0 Å². The molecule has 0 heterocycles. The molecule has 0 aliphatic rings. The van der Waals surface area contributed by atoms with E-state index >= 15 is 0 Å². The van der Waals surface area contributed by atoms with Crippen LogP contribution >= 0.6 is 15.9 Å². The number of halogens is 3. The summed E-state index contributed by atoms with van der Waals surface area (Å²) in [6, 6.07) is 2.47. The minimum atomic E-state index is -0.989. The van der Waals surface area contributed by atoms with Crippen LogP contribution in [-0.2, 0) is 21.3 Å². The first-order valence-electron chi connectivity index (χ1n) is 4.18. The quantitative estimate of drug-likeness (QED) is 0.628. The largest absolute Gasteiger partial charge is 0.469 e. The predicted molar refractivity (Wildman–Crippen MR) is 54.7 cm³/mol. The molecule has 0 N–H and O–H groups in total. The number of methoxy groups -OCH3 is 1. The standard InChI is InChI=1S/C10H9BrF2O2/c1-15-9(14)4-7-6(5-11)2-3-8(12)10(7)13/h2-3H,4-5H2,1H3. The molecule has 1 rings (SSSR count). The van der Waals surface area contributed by atoms with Crippen LogP contribution in [0.4, 0.5) is 8.78 Å². The van der Waals surface area contributed by atoms with Gasteiger partial charge in [-0.2, -0.15) is 0 Å². The molecule has 2 nitrogen and oxygen atoms in total. The molecule has 0 bridgehead atoms. The zero-order valence-corrected chi connectivity index (χ0v) is 9.61. The minimum absolute atomic E-state index is 0.0405. The summed E-state index contributed by atoms with van der Waals surface area (Å²) in [4.78, 5) is 11.0. The van der Waals surface area contributed by atoms with E-state index in [1.54, 1.807) is 0 Å². The molecule has 15 heavy (non-hydrogen) atoms. The summed E-state index contributed by atoms with van der Waals surface area (Å²) in [5, 5.41) is 0.358. The van der Waals surface area contributed by atoms with Gasteiger partial charge in [0.25, 0.3) is 0 Å². The topological polar surface area (TPSA) is 26.3 Å². The normalized spacial score (nSPS) is 10.1. The zero-order chi connectivity index (χ0) is 11.4. The number of alkyl halides is 1. The Kier molecular flexibility index (Phi) is 4.20. The van der Waals surface area contributed by atoms with E-state index in [9.17, 15) is 13.6 Å².